The zero-order valence-electron chi connectivity index (χ0n) is 18.8. The molecule has 8 heteroatoms. The largest absolute Gasteiger partial charge is 0.497 e. The predicted octanol–water partition coefficient (Wildman–Crippen LogP) is 2.35. The van der Waals surface area contributed by atoms with E-state index >= 15 is 0 Å². The highest BCUT2D eigenvalue weighted by atomic mass is 19.1. The molecule has 7 nitrogen and oxygen atoms in total. The molecule has 2 aliphatic heterocycles. The minimum Gasteiger partial charge on any atom is -0.497 e. The number of rotatable bonds is 8. The Bertz CT molecular complexity index is 815. The van der Waals surface area contributed by atoms with Gasteiger partial charge in [0, 0.05) is 36.9 Å². The number of ether oxygens (including phenoxy) is 2. The molecule has 1 aromatic carbocycles. The molecule has 176 valence electrons. The van der Waals surface area contributed by atoms with Gasteiger partial charge < -0.3 is 20.1 Å². The first-order valence-corrected chi connectivity index (χ1v) is 11.7. The van der Waals surface area contributed by atoms with Crippen LogP contribution in [0.1, 0.15) is 48.9 Å². The standard InChI is InChI=1S/C24H34FN3O4/c1-31-21-13-18(12-20(25)14-21)23(30)26-15-17-2-8-28(9-3-17)16-22(29)27-24(6-7-24)19-4-10-32-11-5-19/h12-14,17,19H,2-11,15-16H2,1H3,(H,26,30)(H,27,29). The molecule has 0 spiro atoms. The van der Waals surface area contributed by atoms with E-state index in [2.05, 4.69) is 15.5 Å². The van der Waals surface area contributed by atoms with Gasteiger partial charge in [-0.1, -0.05) is 0 Å². The summed E-state index contributed by atoms with van der Waals surface area (Å²) in [6, 6.07) is 4.00. The molecule has 4 rings (SSSR count). The number of hydrogen-bond donors (Lipinski definition) is 2. The first-order valence-electron chi connectivity index (χ1n) is 11.7. The van der Waals surface area contributed by atoms with Gasteiger partial charge in [-0.05, 0) is 75.6 Å². The van der Waals surface area contributed by atoms with Gasteiger partial charge in [-0.25, -0.2) is 4.39 Å². The van der Waals surface area contributed by atoms with E-state index in [-0.39, 0.29) is 22.9 Å². The van der Waals surface area contributed by atoms with E-state index < -0.39 is 5.82 Å². The molecule has 2 heterocycles. The summed E-state index contributed by atoms with van der Waals surface area (Å²) in [6.45, 7) is 4.27. The minimum absolute atomic E-state index is 0.0169. The quantitative estimate of drug-likeness (QED) is 0.640. The molecule has 2 saturated heterocycles. The van der Waals surface area contributed by atoms with Crippen LogP contribution in [0.15, 0.2) is 18.2 Å². The average Bonchev–Trinajstić information content (AvgIpc) is 3.59. The number of amides is 2. The van der Waals surface area contributed by atoms with Crippen molar-refractivity contribution in [3.63, 3.8) is 0 Å². The SMILES string of the molecule is COc1cc(F)cc(C(=O)NCC2CCN(CC(=O)NC3(C4CCOCC4)CC3)CC2)c1. The number of carbonyl (C=O) groups excluding carboxylic acids is 2. The molecule has 1 aromatic rings. The van der Waals surface area contributed by atoms with Crippen LogP contribution in [-0.4, -0.2) is 68.8 Å². The van der Waals surface area contributed by atoms with Crippen LogP contribution < -0.4 is 15.4 Å². The predicted molar refractivity (Wildman–Crippen MR) is 118 cm³/mol. The molecular formula is C24H34FN3O4. The Hall–Kier alpha value is -2.19. The molecule has 0 aromatic heterocycles. The Labute approximate surface area is 189 Å². The average molecular weight is 448 g/mol. The van der Waals surface area contributed by atoms with E-state index in [0.29, 0.717) is 30.7 Å². The molecule has 0 radical (unpaired) electrons. The zero-order valence-corrected chi connectivity index (χ0v) is 18.8. The van der Waals surface area contributed by atoms with Crippen molar-refractivity contribution in [1.82, 2.24) is 15.5 Å². The maximum atomic E-state index is 13.6. The van der Waals surface area contributed by atoms with Gasteiger partial charge in [0.1, 0.15) is 11.6 Å². The summed E-state index contributed by atoms with van der Waals surface area (Å²) in [7, 11) is 1.44. The van der Waals surface area contributed by atoms with Crippen LogP contribution in [0.3, 0.4) is 0 Å². The molecule has 0 atom stereocenters. The number of likely N-dealkylation sites (tertiary alicyclic amines) is 1. The molecular weight excluding hydrogens is 413 g/mol. The maximum Gasteiger partial charge on any atom is 0.251 e. The van der Waals surface area contributed by atoms with Crippen molar-refractivity contribution in [1.29, 1.82) is 0 Å². The molecule has 3 aliphatic rings. The summed E-state index contributed by atoms with van der Waals surface area (Å²) in [5, 5.41) is 6.24. The van der Waals surface area contributed by atoms with Gasteiger partial charge in [-0.15, -0.1) is 0 Å². The maximum absolute atomic E-state index is 13.6. The zero-order chi connectivity index (χ0) is 22.6. The Morgan fingerprint density at radius 3 is 2.53 bits per heavy atom. The lowest BCUT2D eigenvalue weighted by Crippen LogP contribution is -2.49. The number of piperidine rings is 1. The lowest BCUT2D eigenvalue weighted by atomic mass is 9.89. The van der Waals surface area contributed by atoms with E-state index in [9.17, 15) is 14.0 Å². The van der Waals surface area contributed by atoms with Gasteiger partial charge in [0.2, 0.25) is 5.91 Å². The van der Waals surface area contributed by atoms with Crippen molar-refractivity contribution in [2.24, 2.45) is 11.8 Å². The lowest BCUT2D eigenvalue weighted by Gasteiger charge is -2.34. The smallest absolute Gasteiger partial charge is 0.251 e. The molecule has 3 fully saturated rings. The third-order valence-electron chi connectivity index (χ3n) is 7.17. The van der Waals surface area contributed by atoms with Crippen LogP contribution >= 0.6 is 0 Å². The Morgan fingerprint density at radius 1 is 1.16 bits per heavy atom. The lowest BCUT2D eigenvalue weighted by molar-refractivity contribution is -0.124. The Balaban J connectivity index is 1.17. The van der Waals surface area contributed by atoms with Crippen molar-refractivity contribution < 1.29 is 23.5 Å². The van der Waals surface area contributed by atoms with Gasteiger partial charge >= 0.3 is 0 Å². The van der Waals surface area contributed by atoms with Crippen LogP contribution in [-0.2, 0) is 9.53 Å². The van der Waals surface area contributed by atoms with Crippen molar-refractivity contribution in [2.75, 3.05) is 46.5 Å². The summed E-state index contributed by atoms with van der Waals surface area (Å²) in [6.07, 6.45) is 6.10. The monoisotopic (exact) mass is 447 g/mol. The second kappa shape index (κ2) is 10.2. The topological polar surface area (TPSA) is 79.9 Å². The number of nitrogens with one attached hydrogen (secondary N) is 2. The van der Waals surface area contributed by atoms with Crippen molar-refractivity contribution in [3.8, 4) is 5.75 Å². The molecule has 32 heavy (non-hydrogen) atoms. The van der Waals surface area contributed by atoms with Crippen LogP contribution in [0.5, 0.6) is 5.75 Å². The number of carbonyl (C=O) groups is 2. The van der Waals surface area contributed by atoms with Gasteiger partial charge in [-0.3, -0.25) is 14.5 Å². The van der Waals surface area contributed by atoms with Crippen LogP contribution in [0, 0.1) is 17.7 Å². The van der Waals surface area contributed by atoms with Crippen molar-refractivity contribution >= 4 is 11.8 Å². The second-order valence-electron chi connectivity index (χ2n) is 9.40. The van der Waals surface area contributed by atoms with Crippen molar-refractivity contribution in [2.45, 2.75) is 44.1 Å². The summed E-state index contributed by atoms with van der Waals surface area (Å²) in [4.78, 5) is 27.2. The number of nitrogens with zero attached hydrogens (tertiary/aromatic N) is 1. The van der Waals surface area contributed by atoms with E-state index in [4.69, 9.17) is 9.47 Å². The molecule has 1 aliphatic carbocycles. The number of methoxy groups -OCH3 is 1. The Kier molecular flexibility index (Phi) is 7.30. The van der Waals surface area contributed by atoms with E-state index in [1.807, 2.05) is 0 Å². The number of benzene rings is 1. The fourth-order valence-electron chi connectivity index (χ4n) is 5.04. The van der Waals surface area contributed by atoms with Gasteiger partial charge in [0.25, 0.3) is 5.91 Å². The third-order valence-corrected chi connectivity index (χ3v) is 7.17. The number of hydrogen-bond acceptors (Lipinski definition) is 5. The Morgan fingerprint density at radius 2 is 1.88 bits per heavy atom. The molecule has 2 amide bonds. The molecule has 1 saturated carbocycles. The van der Waals surface area contributed by atoms with Crippen molar-refractivity contribution in [3.05, 3.63) is 29.6 Å². The van der Waals surface area contributed by atoms with Crippen LogP contribution in [0.4, 0.5) is 4.39 Å². The highest BCUT2D eigenvalue weighted by Crippen LogP contribution is 2.46. The van der Waals surface area contributed by atoms with Gasteiger partial charge in [-0.2, -0.15) is 0 Å². The van der Waals surface area contributed by atoms with Crippen LogP contribution in [0.25, 0.3) is 0 Å². The fraction of sp³-hybridized carbons (Fsp3) is 0.667. The summed E-state index contributed by atoms with van der Waals surface area (Å²) >= 11 is 0. The van der Waals surface area contributed by atoms with Crippen LogP contribution in [0.2, 0.25) is 0 Å². The third kappa shape index (κ3) is 5.78. The van der Waals surface area contributed by atoms with E-state index in [1.165, 1.54) is 25.3 Å². The summed E-state index contributed by atoms with van der Waals surface area (Å²) < 4.78 is 24.1. The molecule has 0 bridgehead atoms. The highest BCUT2D eigenvalue weighted by Gasteiger charge is 2.50. The fourth-order valence-corrected chi connectivity index (χ4v) is 5.04. The second-order valence-corrected chi connectivity index (χ2v) is 9.40. The summed E-state index contributed by atoms with van der Waals surface area (Å²) in [5.74, 6) is 0.559. The van der Waals surface area contributed by atoms with E-state index in [1.54, 1.807) is 0 Å². The highest BCUT2D eigenvalue weighted by molar-refractivity contribution is 5.94. The van der Waals surface area contributed by atoms with Gasteiger partial charge in [0.15, 0.2) is 0 Å². The summed E-state index contributed by atoms with van der Waals surface area (Å²) in [5.41, 5.74) is 0.276. The first kappa shape index (κ1) is 23.0. The molecule has 0 unspecified atom stereocenters. The van der Waals surface area contributed by atoms with E-state index in [0.717, 1.165) is 64.8 Å². The number of halogens is 1. The minimum atomic E-state index is -0.495. The normalized spacial score (nSPS) is 21.7. The molecule has 2 N–H and O–H groups in total. The van der Waals surface area contributed by atoms with Gasteiger partial charge in [0.05, 0.1) is 13.7 Å². The first-order chi connectivity index (χ1) is 15.5.